The van der Waals surface area contributed by atoms with Crippen LogP contribution in [-0.2, 0) is 14.4 Å². The highest BCUT2D eigenvalue weighted by Crippen LogP contribution is 2.12. The van der Waals surface area contributed by atoms with Gasteiger partial charge in [-0.15, -0.1) is 0 Å². The second kappa shape index (κ2) is 6.49. The van der Waals surface area contributed by atoms with E-state index in [0.29, 0.717) is 38.1 Å². The molecule has 0 bridgehead atoms. The molecule has 1 rings (SSSR count). The average molecular weight is 255 g/mol. The topological polar surface area (TPSA) is 92.5 Å². The van der Waals surface area contributed by atoms with Crippen molar-refractivity contribution in [2.45, 2.75) is 38.6 Å². The van der Waals surface area contributed by atoms with Crippen molar-refractivity contribution in [3.63, 3.8) is 0 Å². The molecule has 0 aromatic rings. The molecule has 2 atom stereocenters. The van der Waals surface area contributed by atoms with Crippen molar-refractivity contribution >= 4 is 17.7 Å². The second-order valence-corrected chi connectivity index (χ2v) is 4.83. The number of hydrogen-bond acceptors (Lipinski definition) is 4. The first kappa shape index (κ1) is 14.6. The van der Waals surface area contributed by atoms with Crippen LogP contribution in [0.3, 0.4) is 0 Å². The van der Waals surface area contributed by atoms with Crippen LogP contribution in [0.25, 0.3) is 0 Å². The number of nitrogens with two attached hydrogens (primary N) is 1. The Morgan fingerprint density at radius 1 is 1.56 bits per heavy atom. The Morgan fingerprint density at radius 2 is 2.22 bits per heavy atom. The third-order valence-corrected chi connectivity index (χ3v) is 3.25. The minimum atomic E-state index is -0.562. The molecule has 1 aliphatic heterocycles. The van der Waals surface area contributed by atoms with Crippen LogP contribution in [0.1, 0.15) is 32.6 Å². The molecule has 0 aromatic heterocycles. The average Bonchev–Trinajstić information content (AvgIpc) is 2.36. The molecule has 2 unspecified atom stereocenters. The maximum Gasteiger partial charge on any atom is 0.251 e. The summed E-state index contributed by atoms with van der Waals surface area (Å²) in [6.07, 6.45) is 1.75. The Balaban J connectivity index is 2.40. The summed E-state index contributed by atoms with van der Waals surface area (Å²) in [5.41, 5.74) is 5.47. The Hall–Kier alpha value is -1.43. The standard InChI is InChI=1S/C12H21N3O3/c1-8(7-13)3-5-10(16)14-9-4-6-11(17)15(2)12(9)18/h8-9H,3-7,13H2,1-2H3,(H,14,16). The lowest BCUT2D eigenvalue weighted by molar-refractivity contribution is -0.149. The van der Waals surface area contributed by atoms with E-state index in [1.807, 2.05) is 6.92 Å². The molecule has 6 nitrogen and oxygen atoms in total. The van der Waals surface area contributed by atoms with Gasteiger partial charge in [-0.25, -0.2) is 0 Å². The van der Waals surface area contributed by atoms with Crippen molar-refractivity contribution in [1.82, 2.24) is 10.2 Å². The van der Waals surface area contributed by atoms with E-state index in [9.17, 15) is 14.4 Å². The van der Waals surface area contributed by atoms with Gasteiger partial charge < -0.3 is 11.1 Å². The van der Waals surface area contributed by atoms with Crippen molar-refractivity contribution in [3.8, 4) is 0 Å². The Kier molecular flexibility index (Phi) is 5.27. The van der Waals surface area contributed by atoms with Gasteiger partial charge in [-0.2, -0.15) is 0 Å². The summed E-state index contributed by atoms with van der Waals surface area (Å²) in [6.45, 7) is 2.53. The van der Waals surface area contributed by atoms with Crippen LogP contribution in [0, 0.1) is 5.92 Å². The van der Waals surface area contributed by atoms with Gasteiger partial charge in [-0.3, -0.25) is 19.3 Å². The number of imide groups is 1. The summed E-state index contributed by atoms with van der Waals surface area (Å²) in [7, 11) is 1.44. The number of nitrogens with one attached hydrogen (secondary N) is 1. The van der Waals surface area contributed by atoms with Crippen molar-refractivity contribution in [1.29, 1.82) is 0 Å². The lowest BCUT2D eigenvalue weighted by atomic mass is 10.0. The molecule has 1 aliphatic rings. The number of carbonyl (C=O) groups excluding carboxylic acids is 3. The van der Waals surface area contributed by atoms with Gasteiger partial charge in [-0.1, -0.05) is 6.92 Å². The summed E-state index contributed by atoms with van der Waals surface area (Å²) < 4.78 is 0. The van der Waals surface area contributed by atoms with E-state index in [-0.39, 0.29) is 17.7 Å². The molecule has 102 valence electrons. The molecule has 0 aliphatic carbocycles. The summed E-state index contributed by atoms with van der Waals surface area (Å²) in [5, 5.41) is 2.68. The molecular weight excluding hydrogens is 234 g/mol. The fourth-order valence-corrected chi connectivity index (χ4v) is 1.81. The van der Waals surface area contributed by atoms with Gasteiger partial charge in [0.05, 0.1) is 0 Å². The van der Waals surface area contributed by atoms with Gasteiger partial charge in [-0.05, 0) is 25.3 Å². The number of piperidine rings is 1. The summed E-state index contributed by atoms with van der Waals surface area (Å²) >= 11 is 0. The molecular formula is C12H21N3O3. The number of rotatable bonds is 5. The molecule has 6 heteroatoms. The fraction of sp³-hybridized carbons (Fsp3) is 0.750. The van der Waals surface area contributed by atoms with Gasteiger partial charge in [0.15, 0.2) is 0 Å². The second-order valence-electron chi connectivity index (χ2n) is 4.83. The van der Waals surface area contributed by atoms with Gasteiger partial charge in [0, 0.05) is 19.9 Å². The molecule has 0 aromatic carbocycles. The number of likely N-dealkylation sites (tertiary alicyclic amines) is 1. The zero-order valence-electron chi connectivity index (χ0n) is 10.9. The smallest absolute Gasteiger partial charge is 0.251 e. The SMILES string of the molecule is CC(CN)CCC(=O)NC1CCC(=O)N(C)C1=O. The summed E-state index contributed by atoms with van der Waals surface area (Å²) in [5.74, 6) is -0.382. The van der Waals surface area contributed by atoms with Gasteiger partial charge in [0.2, 0.25) is 11.8 Å². The normalized spacial score (nSPS) is 21.9. The Bertz CT molecular complexity index is 343. The lowest BCUT2D eigenvalue weighted by Gasteiger charge is -2.28. The predicted octanol–water partition coefficient (Wildman–Crippen LogP) is -0.375. The van der Waals surface area contributed by atoms with Crippen LogP contribution in [-0.4, -0.2) is 42.3 Å². The first-order valence-corrected chi connectivity index (χ1v) is 6.25. The van der Waals surface area contributed by atoms with E-state index in [0.717, 1.165) is 4.90 Å². The number of carbonyl (C=O) groups is 3. The van der Waals surface area contributed by atoms with Crippen LogP contribution in [0.15, 0.2) is 0 Å². The van der Waals surface area contributed by atoms with Crippen LogP contribution in [0.4, 0.5) is 0 Å². The lowest BCUT2D eigenvalue weighted by Crippen LogP contribution is -2.52. The van der Waals surface area contributed by atoms with E-state index in [4.69, 9.17) is 5.73 Å². The molecule has 1 fully saturated rings. The highest BCUT2D eigenvalue weighted by Gasteiger charge is 2.32. The van der Waals surface area contributed by atoms with Crippen LogP contribution in [0.5, 0.6) is 0 Å². The zero-order chi connectivity index (χ0) is 13.7. The Morgan fingerprint density at radius 3 is 2.83 bits per heavy atom. The quantitative estimate of drug-likeness (QED) is 0.655. The van der Waals surface area contributed by atoms with E-state index in [1.165, 1.54) is 7.05 Å². The third-order valence-electron chi connectivity index (χ3n) is 3.25. The number of nitrogens with zero attached hydrogens (tertiary/aromatic N) is 1. The monoisotopic (exact) mass is 255 g/mol. The van der Waals surface area contributed by atoms with Crippen molar-refractivity contribution in [2.75, 3.05) is 13.6 Å². The van der Waals surface area contributed by atoms with E-state index in [2.05, 4.69) is 5.32 Å². The Labute approximate surface area is 107 Å². The van der Waals surface area contributed by atoms with Crippen molar-refractivity contribution in [3.05, 3.63) is 0 Å². The predicted molar refractivity (Wildman–Crippen MR) is 66.4 cm³/mol. The maximum absolute atomic E-state index is 11.7. The van der Waals surface area contributed by atoms with E-state index < -0.39 is 6.04 Å². The van der Waals surface area contributed by atoms with Gasteiger partial charge >= 0.3 is 0 Å². The fourth-order valence-electron chi connectivity index (χ4n) is 1.81. The molecule has 1 heterocycles. The van der Waals surface area contributed by atoms with E-state index >= 15 is 0 Å². The largest absolute Gasteiger partial charge is 0.344 e. The summed E-state index contributed by atoms with van der Waals surface area (Å²) in [6, 6.07) is -0.562. The third kappa shape index (κ3) is 3.80. The minimum absolute atomic E-state index is 0.156. The summed E-state index contributed by atoms with van der Waals surface area (Å²) in [4.78, 5) is 35.7. The first-order chi connectivity index (χ1) is 8.45. The van der Waals surface area contributed by atoms with Gasteiger partial charge in [0.1, 0.15) is 6.04 Å². The number of amides is 3. The van der Waals surface area contributed by atoms with E-state index in [1.54, 1.807) is 0 Å². The zero-order valence-corrected chi connectivity index (χ0v) is 10.9. The molecule has 3 N–H and O–H groups in total. The molecule has 3 amide bonds. The van der Waals surface area contributed by atoms with Crippen LogP contribution < -0.4 is 11.1 Å². The molecule has 1 saturated heterocycles. The van der Waals surface area contributed by atoms with Crippen LogP contribution in [0.2, 0.25) is 0 Å². The van der Waals surface area contributed by atoms with Crippen molar-refractivity contribution < 1.29 is 14.4 Å². The molecule has 0 saturated carbocycles. The molecule has 0 spiro atoms. The highest BCUT2D eigenvalue weighted by molar-refractivity contribution is 6.01. The minimum Gasteiger partial charge on any atom is -0.344 e. The highest BCUT2D eigenvalue weighted by atomic mass is 16.2. The van der Waals surface area contributed by atoms with Gasteiger partial charge in [0.25, 0.3) is 5.91 Å². The van der Waals surface area contributed by atoms with Crippen LogP contribution >= 0.6 is 0 Å². The van der Waals surface area contributed by atoms with Crippen molar-refractivity contribution in [2.24, 2.45) is 11.7 Å². The number of likely N-dealkylation sites (N-methyl/N-ethyl adjacent to an activating group) is 1. The molecule has 18 heavy (non-hydrogen) atoms. The number of hydrogen-bond donors (Lipinski definition) is 2. The maximum atomic E-state index is 11.7. The molecule has 0 radical (unpaired) electrons. The first-order valence-electron chi connectivity index (χ1n) is 6.25.